The molecule has 1 aromatic heterocycles. The van der Waals surface area contributed by atoms with Crippen molar-refractivity contribution in [3.8, 4) is 0 Å². The summed E-state index contributed by atoms with van der Waals surface area (Å²) in [7, 11) is 0. The fraction of sp³-hybridized carbons (Fsp3) is 0.600. The lowest BCUT2D eigenvalue weighted by Gasteiger charge is -2.33. The van der Waals surface area contributed by atoms with Gasteiger partial charge in [-0.2, -0.15) is 0 Å². The quantitative estimate of drug-likeness (QED) is 0.905. The van der Waals surface area contributed by atoms with E-state index in [-0.39, 0.29) is 0 Å². The second kappa shape index (κ2) is 5.40. The van der Waals surface area contributed by atoms with E-state index < -0.39 is 12.5 Å². The van der Waals surface area contributed by atoms with Gasteiger partial charge in [-0.05, 0) is 12.1 Å². The molecular formula is C10H13ClF2N2S. The minimum absolute atomic E-state index is 0.566. The molecule has 0 saturated carbocycles. The van der Waals surface area contributed by atoms with Gasteiger partial charge in [-0.3, -0.25) is 4.90 Å². The Labute approximate surface area is 102 Å². The summed E-state index contributed by atoms with van der Waals surface area (Å²) in [5.41, 5.74) is 0. The first-order valence-corrected chi connectivity index (χ1v) is 6.36. The summed E-state index contributed by atoms with van der Waals surface area (Å²) in [4.78, 5) is 2.48. The van der Waals surface area contributed by atoms with Gasteiger partial charge in [0.05, 0.1) is 4.34 Å². The van der Waals surface area contributed by atoms with Crippen molar-refractivity contribution in [2.24, 2.45) is 0 Å². The van der Waals surface area contributed by atoms with Crippen LogP contribution < -0.4 is 5.32 Å². The van der Waals surface area contributed by atoms with E-state index in [0.717, 1.165) is 13.1 Å². The van der Waals surface area contributed by atoms with E-state index in [2.05, 4.69) is 5.32 Å². The first-order valence-electron chi connectivity index (χ1n) is 5.16. The summed E-state index contributed by atoms with van der Waals surface area (Å²) < 4.78 is 26.7. The average molecular weight is 267 g/mol. The maximum Gasteiger partial charge on any atom is 0.258 e. The van der Waals surface area contributed by atoms with Gasteiger partial charge in [-0.25, -0.2) is 8.78 Å². The summed E-state index contributed by atoms with van der Waals surface area (Å²) >= 11 is 7.03. The molecule has 1 aliphatic rings. The minimum atomic E-state index is -2.37. The largest absolute Gasteiger partial charge is 0.314 e. The normalized spacial score (nSPS) is 20.2. The molecule has 0 aromatic carbocycles. The maximum atomic E-state index is 13.1. The molecule has 1 N–H and O–H groups in total. The number of hydrogen-bond donors (Lipinski definition) is 1. The number of hydrogen-bond acceptors (Lipinski definition) is 3. The number of piperazine rings is 1. The van der Waals surface area contributed by atoms with E-state index in [1.165, 1.54) is 11.3 Å². The fourth-order valence-electron chi connectivity index (χ4n) is 1.91. The number of alkyl halides is 2. The van der Waals surface area contributed by atoms with Gasteiger partial charge in [0.25, 0.3) is 6.43 Å². The van der Waals surface area contributed by atoms with Gasteiger partial charge in [-0.15, -0.1) is 11.3 Å². The second-order valence-corrected chi connectivity index (χ2v) is 5.45. The average Bonchev–Trinajstić information content (AvgIpc) is 2.66. The summed E-state index contributed by atoms with van der Waals surface area (Å²) in [5, 5.41) is 3.16. The van der Waals surface area contributed by atoms with E-state index in [9.17, 15) is 8.78 Å². The molecule has 0 unspecified atom stereocenters. The molecular weight excluding hydrogens is 254 g/mol. The predicted molar refractivity (Wildman–Crippen MR) is 62.5 cm³/mol. The zero-order valence-electron chi connectivity index (χ0n) is 8.63. The molecule has 1 aromatic rings. The van der Waals surface area contributed by atoms with Gasteiger partial charge in [-0.1, -0.05) is 11.6 Å². The SMILES string of the molecule is FC(F)[C@@H](c1ccc(Cl)s1)N1CCNCC1. The van der Waals surface area contributed by atoms with E-state index in [0.29, 0.717) is 22.3 Å². The molecule has 16 heavy (non-hydrogen) atoms. The monoisotopic (exact) mass is 266 g/mol. The second-order valence-electron chi connectivity index (χ2n) is 3.71. The molecule has 1 aliphatic heterocycles. The van der Waals surface area contributed by atoms with Gasteiger partial charge < -0.3 is 5.32 Å². The molecule has 1 saturated heterocycles. The lowest BCUT2D eigenvalue weighted by atomic mass is 10.2. The summed E-state index contributed by atoms with van der Waals surface area (Å²) in [6.07, 6.45) is -2.37. The van der Waals surface area contributed by atoms with Crippen molar-refractivity contribution < 1.29 is 8.78 Å². The van der Waals surface area contributed by atoms with E-state index in [1.54, 1.807) is 12.1 Å². The van der Waals surface area contributed by atoms with E-state index in [4.69, 9.17) is 11.6 Å². The van der Waals surface area contributed by atoms with Crippen molar-refractivity contribution in [3.63, 3.8) is 0 Å². The fourth-order valence-corrected chi connectivity index (χ4v) is 3.11. The predicted octanol–water partition coefficient (Wildman–Crippen LogP) is 2.61. The lowest BCUT2D eigenvalue weighted by molar-refractivity contribution is 0.0200. The van der Waals surface area contributed by atoms with E-state index >= 15 is 0 Å². The Balaban J connectivity index is 2.16. The standard InChI is InChI=1S/C10H13ClF2N2S/c11-8-2-1-7(16-8)9(10(12)13)15-5-3-14-4-6-15/h1-2,9-10,14H,3-6H2/t9-/m1/s1. The van der Waals surface area contributed by atoms with Gasteiger partial charge in [0.2, 0.25) is 0 Å². The molecule has 2 nitrogen and oxygen atoms in total. The minimum Gasteiger partial charge on any atom is -0.314 e. The highest BCUT2D eigenvalue weighted by molar-refractivity contribution is 7.16. The van der Waals surface area contributed by atoms with Crippen molar-refractivity contribution in [3.05, 3.63) is 21.3 Å². The van der Waals surface area contributed by atoms with Crippen LogP contribution in [0.1, 0.15) is 10.9 Å². The van der Waals surface area contributed by atoms with Crippen molar-refractivity contribution in [1.29, 1.82) is 0 Å². The Bertz CT molecular complexity index is 339. The van der Waals surface area contributed by atoms with Crippen LogP contribution in [-0.2, 0) is 0 Å². The van der Waals surface area contributed by atoms with Crippen molar-refractivity contribution in [2.75, 3.05) is 26.2 Å². The van der Waals surface area contributed by atoms with Crippen LogP contribution >= 0.6 is 22.9 Å². The number of thiophene rings is 1. The first-order chi connectivity index (χ1) is 7.68. The molecule has 2 heterocycles. The Hall–Kier alpha value is -0.230. The molecule has 1 fully saturated rings. The van der Waals surface area contributed by atoms with Gasteiger partial charge in [0.1, 0.15) is 6.04 Å². The Morgan fingerprint density at radius 3 is 2.50 bits per heavy atom. The van der Waals surface area contributed by atoms with Gasteiger partial charge in [0.15, 0.2) is 0 Å². The number of halogens is 3. The van der Waals surface area contributed by atoms with Crippen LogP contribution in [0.4, 0.5) is 8.78 Å². The smallest absolute Gasteiger partial charge is 0.258 e. The molecule has 90 valence electrons. The molecule has 0 radical (unpaired) electrons. The molecule has 0 aliphatic carbocycles. The van der Waals surface area contributed by atoms with Crippen LogP contribution in [0.25, 0.3) is 0 Å². The molecule has 0 bridgehead atoms. The summed E-state index contributed by atoms with van der Waals surface area (Å²) in [5.74, 6) is 0. The van der Waals surface area contributed by atoms with Gasteiger partial charge >= 0.3 is 0 Å². The topological polar surface area (TPSA) is 15.3 Å². The van der Waals surface area contributed by atoms with Crippen molar-refractivity contribution in [1.82, 2.24) is 10.2 Å². The summed E-state index contributed by atoms with van der Waals surface area (Å²) in [6.45, 7) is 2.85. The highest BCUT2D eigenvalue weighted by Crippen LogP contribution is 2.34. The zero-order valence-corrected chi connectivity index (χ0v) is 10.2. The number of rotatable bonds is 3. The van der Waals surface area contributed by atoms with Crippen LogP contribution in [0.5, 0.6) is 0 Å². The Kier molecular flexibility index (Phi) is 4.13. The third-order valence-electron chi connectivity index (χ3n) is 2.67. The Morgan fingerprint density at radius 2 is 2.00 bits per heavy atom. The van der Waals surface area contributed by atoms with Crippen molar-refractivity contribution in [2.45, 2.75) is 12.5 Å². The van der Waals surface area contributed by atoms with E-state index in [1.807, 2.05) is 4.90 Å². The maximum absolute atomic E-state index is 13.1. The van der Waals surface area contributed by atoms with Crippen LogP contribution in [0, 0.1) is 0 Å². The third-order valence-corrected chi connectivity index (χ3v) is 3.97. The third kappa shape index (κ3) is 2.71. The molecule has 6 heteroatoms. The van der Waals surface area contributed by atoms with Crippen molar-refractivity contribution >= 4 is 22.9 Å². The van der Waals surface area contributed by atoms with Crippen LogP contribution in [-0.4, -0.2) is 37.5 Å². The zero-order chi connectivity index (χ0) is 11.5. The number of nitrogens with zero attached hydrogens (tertiary/aromatic N) is 1. The number of nitrogens with one attached hydrogen (secondary N) is 1. The lowest BCUT2D eigenvalue weighted by Crippen LogP contribution is -2.46. The molecule has 1 atom stereocenters. The first kappa shape index (κ1) is 12.2. The van der Waals surface area contributed by atoms with Crippen LogP contribution in [0.2, 0.25) is 4.34 Å². The van der Waals surface area contributed by atoms with Crippen LogP contribution in [0.3, 0.4) is 0 Å². The molecule has 0 spiro atoms. The highest BCUT2D eigenvalue weighted by atomic mass is 35.5. The molecule has 0 amide bonds. The Morgan fingerprint density at radius 1 is 1.31 bits per heavy atom. The van der Waals surface area contributed by atoms with Crippen LogP contribution in [0.15, 0.2) is 12.1 Å². The highest BCUT2D eigenvalue weighted by Gasteiger charge is 2.31. The molecule has 2 rings (SSSR count). The summed E-state index contributed by atoms with van der Waals surface area (Å²) in [6, 6.07) is 2.57. The van der Waals surface area contributed by atoms with Gasteiger partial charge in [0, 0.05) is 31.1 Å².